The van der Waals surface area contributed by atoms with Crippen molar-refractivity contribution in [1.82, 2.24) is 5.32 Å². The van der Waals surface area contributed by atoms with Crippen LogP contribution in [-0.4, -0.2) is 19.4 Å². The third-order valence-corrected chi connectivity index (χ3v) is 0.813. The average Bonchev–Trinajstić information content (AvgIpc) is 1.83. The first-order valence-electron chi connectivity index (χ1n) is 2.33. The second-order valence-electron chi connectivity index (χ2n) is 1.37. The number of terminal acetylenes is 1. The van der Waals surface area contributed by atoms with E-state index < -0.39 is 0 Å². The van der Waals surface area contributed by atoms with Crippen LogP contribution in [0.1, 0.15) is 6.42 Å². The van der Waals surface area contributed by atoms with Crippen LogP contribution in [-0.2, 0) is 4.79 Å². The molecule has 0 amide bonds. The lowest BCUT2D eigenvalue weighted by molar-refractivity contribution is 0.529. The topological polar surface area (TPSA) is 29.1 Å². The van der Waals surface area contributed by atoms with Crippen LogP contribution in [0.5, 0.6) is 0 Å². The largest absolute Gasteiger partial charge is 0.309 e. The van der Waals surface area contributed by atoms with Gasteiger partial charge in [-0.3, -0.25) is 4.79 Å². The van der Waals surface area contributed by atoms with Gasteiger partial charge in [0.2, 0.25) is 6.29 Å². The van der Waals surface area contributed by atoms with Crippen LogP contribution < -0.4 is 5.32 Å². The molecule has 0 heterocycles. The van der Waals surface area contributed by atoms with Crippen LogP contribution in [0.2, 0.25) is 0 Å². The molecule has 1 N–H and O–H groups in total. The fourth-order valence-electron chi connectivity index (χ4n) is 0.321. The maximum absolute atomic E-state index is 9.84. The van der Waals surface area contributed by atoms with Crippen LogP contribution in [0.15, 0.2) is 0 Å². The van der Waals surface area contributed by atoms with Gasteiger partial charge in [0, 0.05) is 6.42 Å². The third kappa shape index (κ3) is 2.38. The standard InChI is InChI=1S/C6H8NO/c1-3-4-6(5-8)7-2/h1,6-7H,4H2,2H3. The van der Waals surface area contributed by atoms with E-state index in [0.717, 1.165) is 0 Å². The quantitative estimate of drug-likeness (QED) is 0.506. The molecule has 43 valence electrons. The summed E-state index contributed by atoms with van der Waals surface area (Å²) in [5.41, 5.74) is 0. The minimum absolute atomic E-state index is 0.292. The Morgan fingerprint density at radius 1 is 1.88 bits per heavy atom. The predicted molar refractivity (Wildman–Crippen MR) is 32.0 cm³/mol. The first-order chi connectivity index (χ1) is 3.85. The van der Waals surface area contributed by atoms with Crippen molar-refractivity contribution in [2.75, 3.05) is 7.05 Å². The monoisotopic (exact) mass is 110 g/mol. The maximum Gasteiger partial charge on any atom is 0.217 e. The highest BCUT2D eigenvalue weighted by Crippen LogP contribution is 1.81. The van der Waals surface area contributed by atoms with Crippen molar-refractivity contribution in [3.8, 4) is 12.3 Å². The number of hydrogen-bond acceptors (Lipinski definition) is 2. The van der Waals surface area contributed by atoms with E-state index in [-0.39, 0.29) is 6.04 Å². The van der Waals surface area contributed by atoms with Crippen molar-refractivity contribution in [3.63, 3.8) is 0 Å². The molecule has 0 fully saturated rings. The van der Waals surface area contributed by atoms with Gasteiger partial charge in [-0.2, -0.15) is 0 Å². The molecule has 0 aliphatic heterocycles. The van der Waals surface area contributed by atoms with Gasteiger partial charge in [0.1, 0.15) is 0 Å². The van der Waals surface area contributed by atoms with E-state index in [9.17, 15) is 4.79 Å². The minimum atomic E-state index is -0.292. The molecule has 0 aromatic heterocycles. The Morgan fingerprint density at radius 2 is 2.50 bits per heavy atom. The van der Waals surface area contributed by atoms with Gasteiger partial charge in [0.15, 0.2) is 0 Å². The van der Waals surface area contributed by atoms with Gasteiger partial charge in [-0.15, -0.1) is 12.3 Å². The Labute approximate surface area is 49.3 Å². The highest BCUT2D eigenvalue weighted by atomic mass is 16.1. The molecule has 0 bridgehead atoms. The molecule has 0 saturated heterocycles. The zero-order valence-corrected chi connectivity index (χ0v) is 4.77. The Bertz CT molecular complexity index is 104. The van der Waals surface area contributed by atoms with E-state index in [1.807, 2.05) is 0 Å². The van der Waals surface area contributed by atoms with E-state index in [1.165, 1.54) is 0 Å². The van der Waals surface area contributed by atoms with Crippen molar-refractivity contribution >= 4 is 6.29 Å². The number of hydrogen-bond donors (Lipinski definition) is 1. The number of nitrogens with one attached hydrogen (secondary N) is 1. The van der Waals surface area contributed by atoms with E-state index in [2.05, 4.69) is 11.2 Å². The Hall–Kier alpha value is -0.810. The molecule has 0 rings (SSSR count). The molecular weight excluding hydrogens is 102 g/mol. The first-order valence-corrected chi connectivity index (χ1v) is 2.33. The molecule has 0 aliphatic rings. The molecule has 2 nitrogen and oxygen atoms in total. The Balaban J connectivity index is 3.40. The molecule has 1 radical (unpaired) electrons. The van der Waals surface area contributed by atoms with Crippen molar-refractivity contribution < 1.29 is 4.79 Å². The third-order valence-electron chi connectivity index (χ3n) is 0.813. The van der Waals surface area contributed by atoms with Crippen LogP contribution in [0, 0.1) is 12.3 Å². The van der Waals surface area contributed by atoms with Crippen LogP contribution in [0.25, 0.3) is 0 Å². The fourth-order valence-corrected chi connectivity index (χ4v) is 0.321. The first kappa shape index (κ1) is 7.19. The lowest BCUT2D eigenvalue weighted by Gasteiger charge is -1.99. The van der Waals surface area contributed by atoms with Crippen molar-refractivity contribution in [2.24, 2.45) is 0 Å². The maximum atomic E-state index is 9.84. The summed E-state index contributed by atoms with van der Waals surface area (Å²) in [7, 11) is 1.67. The van der Waals surface area contributed by atoms with Gasteiger partial charge in [-0.1, -0.05) is 0 Å². The molecule has 0 aromatic carbocycles. The summed E-state index contributed by atoms with van der Waals surface area (Å²) in [6.07, 6.45) is 7.08. The van der Waals surface area contributed by atoms with E-state index in [0.29, 0.717) is 6.42 Å². The molecule has 1 atom stereocenters. The SMILES string of the molecule is C#CCC([C]=O)NC. The van der Waals surface area contributed by atoms with E-state index in [4.69, 9.17) is 6.42 Å². The second-order valence-corrected chi connectivity index (χ2v) is 1.37. The van der Waals surface area contributed by atoms with E-state index in [1.54, 1.807) is 13.3 Å². The summed E-state index contributed by atoms with van der Waals surface area (Å²) in [4.78, 5) is 9.84. The van der Waals surface area contributed by atoms with Crippen molar-refractivity contribution in [3.05, 3.63) is 0 Å². The van der Waals surface area contributed by atoms with Crippen LogP contribution in [0.4, 0.5) is 0 Å². The molecule has 0 saturated carbocycles. The summed E-state index contributed by atoms with van der Waals surface area (Å²) < 4.78 is 0. The van der Waals surface area contributed by atoms with Gasteiger partial charge in [-0.05, 0) is 7.05 Å². The van der Waals surface area contributed by atoms with Crippen LogP contribution in [0.3, 0.4) is 0 Å². The highest BCUT2D eigenvalue weighted by Gasteiger charge is 1.99. The minimum Gasteiger partial charge on any atom is -0.309 e. The zero-order valence-electron chi connectivity index (χ0n) is 4.77. The van der Waals surface area contributed by atoms with Crippen LogP contribution >= 0.6 is 0 Å². The van der Waals surface area contributed by atoms with Gasteiger partial charge >= 0.3 is 0 Å². The number of likely N-dealkylation sites (N-methyl/N-ethyl adjacent to an activating group) is 1. The Morgan fingerprint density at radius 3 is 2.62 bits per heavy atom. The second kappa shape index (κ2) is 4.35. The van der Waals surface area contributed by atoms with Gasteiger partial charge in [-0.25, -0.2) is 0 Å². The number of carbonyl (C=O) groups excluding carboxylic acids is 1. The fraction of sp³-hybridized carbons (Fsp3) is 0.500. The molecular formula is C6H8NO. The Kier molecular flexibility index (Phi) is 3.91. The van der Waals surface area contributed by atoms with Gasteiger partial charge in [0.25, 0.3) is 0 Å². The molecule has 8 heavy (non-hydrogen) atoms. The highest BCUT2D eigenvalue weighted by molar-refractivity contribution is 5.58. The normalized spacial score (nSPS) is 12.0. The van der Waals surface area contributed by atoms with E-state index >= 15 is 0 Å². The summed E-state index contributed by atoms with van der Waals surface area (Å²) >= 11 is 0. The van der Waals surface area contributed by atoms with Gasteiger partial charge in [0.05, 0.1) is 6.04 Å². The molecule has 0 aromatic rings. The molecule has 0 spiro atoms. The van der Waals surface area contributed by atoms with Crippen molar-refractivity contribution in [2.45, 2.75) is 12.5 Å². The smallest absolute Gasteiger partial charge is 0.217 e. The number of rotatable bonds is 3. The molecule has 1 unspecified atom stereocenters. The lowest BCUT2D eigenvalue weighted by atomic mass is 10.2. The summed E-state index contributed by atoms with van der Waals surface area (Å²) in [5.74, 6) is 2.34. The molecule has 0 aliphatic carbocycles. The van der Waals surface area contributed by atoms with Gasteiger partial charge < -0.3 is 5.32 Å². The van der Waals surface area contributed by atoms with Crippen molar-refractivity contribution in [1.29, 1.82) is 0 Å². The molecule has 2 heteroatoms. The summed E-state index contributed by atoms with van der Waals surface area (Å²) in [5, 5.41) is 2.69. The lowest BCUT2D eigenvalue weighted by Crippen LogP contribution is -2.25. The zero-order chi connectivity index (χ0) is 6.41. The summed E-state index contributed by atoms with van der Waals surface area (Å²) in [6, 6.07) is -0.292. The average molecular weight is 110 g/mol. The summed E-state index contributed by atoms with van der Waals surface area (Å²) in [6.45, 7) is 0. The predicted octanol–water partition coefficient (Wildman–Crippen LogP) is -0.293.